The maximum atomic E-state index is 12.9. The van der Waals surface area contributed by atoms with Crippen LogP contribution < -0.4 is 5.11 Å². The van der Waals surface area contributed by atoms with Crippen molar-refractivity contribution in [2.75, 3.05) is 47.5 Å². The van der Waals surface area contributed by atoms with Gasteiger partial charge in [-0.05, 0) is 51.4 Å². The van der Waals surface area contributed by atoms with Crippen molar-refractivity contribution in [3.05, 3.63) is 48.6 Å². The van der Waals surface area contributed by atoms with Gasteiger partial charge in [0.15, 0.2) is 12.4 Å². The normalized spacial score (nSPS) is 13.0. The minimum absolute atomic E-state index is 0.151. The molecule has 2 atom stereocenters. The lowest BCUT2D eigenvalue weighted by atomic mass is 10.0. The standard InChI is InChI=1S/C71H131NO8/c1-6-8-10-12-14-16-18-20-22-24-25-26-27-28-29-30-31-32-33-34-35-36-37-38-39-40-41-42-43-44-45-46-48-50-52-54-56-58-60-62-69(74)80-67(66-79-71(70(75)76)77-64-63-72(3,4)5)65-78-68(73)61-59-57-55-53-51-49-47-23-21-19-17-15-13-11-9-7-2/h8,10,14,16,20,22,25-26,67,71H,6-7,9,11-13,15,17-19,21,23-24,27-66H2,1-5H3/b10-8-,16-14-,22-20-,26-25-. The summed E-state index contributed by atoms with van der Waals surface area (Å²) in [5.41, 5.74) is 0. The van der Waals surface area contributed by atoms with Crippen molar-refractivity contribution in [1.29, 1.82) is 0 Å². The molecule has 9 nitrogen and oxygen atoms in total. The van der Waals surface area contributed by atoms with Crippen LogP contribution in [0.1, 0.15) is 328 Å². The van der Waals surface area contributed by atoms with Crippen molar-refractivity contribution in [3.63, 3.8) is 0 Å². The van der Waals surface area contributed by atoms with Gasteiger partial charge in [0, 0.05) is 12.8 Å². The van der Waals surface area contributed by atoms with Crippen molar-refractivity contribution in [1.82, 2.24) is 0 Å². The number of carbonyl (C=O) groups is 3. The first kappa shape index (κ1) is 77.2. The van der Waals surface area contributed by atoms with E-state index in [1.165, 1.54) is 238 Å². The van der Waals surface area contributed by atoms with Gasteiger partial charge in [0.05, 0.1) is 40.3 Å². The number of hydrogen-bond acceptors (Lipinski definition) is 8. The van der Waals surface area contributed by atoms with Crippen molar-refractivity contribution in [2.45, 2.75) is 341 Å². The summed E-state index contributed by atoms with van der Waals surface area (Å²) in [6.07, 6.45) is 76.4. The van der Waals surface area contributed by atoms with Crippen LogP contribution in [0.4, 0.5) is 0 Å². The predicted octanol–water partition coefficient (Wildman–Crippen LogP) is 19.6. The van der Waals surface area contributed by atoms with Gasteiger partial charge >= 0.3 is 11.9 Å². The summed E-state index contributed by atoms with van der Waals surface area (Å²) >= 11 is 0. The van der Waals surface area contributed by atoms with Crippen LogP contribution in [0, 0.1) is 0 Å². The molecular weight excluding hydrogens is 995 g/mol. The molecule has 0 aromatic carbocycles. The number of allylic oxidation sites excluding steroid dienone is 8. The van der Waals surface area contributed by atoms with E-state index < -0.39 is 24.3 Å². The average Bonchev–Trinajstić information content (AvgIpc) is 3.43. The van der Waals surface area contributed by atoms with E-state index in [-0.39, 0.29) is 32.2 Å². The van der Waals surface area contributed by atoms with Crippen LogP contribution in [0.3, 0.4) is 0 Å². The zero-order valence-electron chi connectivity index (χ0n) is 53.5. The monoisotopic (exact) mass is 1130 g/mol. The van der Waals surface area contributed by atoms with Gasteiger partial charge in [-0.2, -0.15) is 0 Å². The number of carboxylic acid groups (broad SMARTS) is 1. The minimum atomic E-state index is -1.62. The molecule has 0 spiro atoms. The molecule has 0 amide bonds. The molecule has 0 N–H and O–H groups in total. The number of likely N-dealkylation sites (N-methyl/N-ethyl adjacent to an activating group) is 1. The summed E-state index contributed by atoms with van der Waals surface area (Å²) in [4.78, 5) is 37.4. The second kappa shape index (κ2) is 62.3. The SMILES string of the molecule is CC/C=C\C/C=C\C/C=C\C/C=C\CCCCCCCCCCCCCCCCCCCCCCCCCCCCC(=O)OC(COC(=O)CCCCCCCCCCCCCCCCCC)COC(OCC[N+](C)(C)C)C(=O)[O-]. The maximum Gasteiger partial charge on any atom is 0.306 e. The molecular formula is C71H131NO8. The Kier molecular flexibility index (Phi) is 60.2. The molecule has 0 rings (SSSR count). The molecule has 0 fully saturated rings. The number of quaternary nitrogens is 1. The van der Waals surface area contributed by atoms with Crippen molar-refractivity contribution in [3.8, 4) is 0 Å². The van der Waals surface area contributed by atoms with Gasteiger partial charge in [0.2, 0.25) is 0 Å². The summed E-state index contributed by atoms with van der Waals surface area (Å²) in [7, 11) is 5.94. The summed E-state index contributed by atoms with van der Waals surface area (Å²) in [5.74, 6) is -2.26. The minimum Gasteiger partial charge on any atom is -0.545 e. The molecule has 468 valence electrons. The van der Waals surface area contributed by atoms with Gasteiger partial charge < -0.3 is 33.3 Å². The highest BCUT2D eigenvalue weighted by molar-refractivity contribution is 5.70. The van der Waals surface area contributed by atoms with Crippen LogP contribution in [0.15, 0.2) is 48.6 Å². The zero-order chi connectivity index (χ0) is 58.3. The van der Waals surface area contributed by atoms with Gasteiger partial charge in [0.1, 0.15) is 13.2 Å². The Bertz CT molecular complexity index is 1450. The second-order valence-corrected chi connectivity index (χ2v) is 24.4. The van der Waals surface area contributed by atoms with E-state index in [0.29, 0.717) is 17.4 Å². The number of carbonyl (C=O) groups excluding carboxylic acids is 3. The lowest BCUT2D eigenvalue weighted by Crippen LogP contribution is -2.44. The van der Waals surface area contributed by atoms with E-state index in [0.717, 1.165) is 64.2 Å². The molecule has 0 saturated heterocycles. The lowest BCUT2D eigenvalue weighted by Gasteiger charge is -2.26. The van der Waals surface area contributed by atoms with Gasteiger partial charge in [-0.25, -0.2) is 0 Å². The molecule has 0 aromatic rings. The highest BCUT2D eigenvalue weighted by Crippen LogP contribution is 2.19. The number of rotatable bonds is 64. The second-order valence-electron chi connectivity index (χ2n) is 24.4. The smallest absolute Gasteiger partial charge is 0.306 e. The van der Waals surface area contributed by atoms with E-state index in [2.05, 4.69) is 62.5 Å². The number of aliphatic carboxylic acids is 1. The maximum absolute atomic E-state index is 12.9. The van der Waals surface area contributed by atoms with Crippen molar-refractivity contribution >= 4 is 17.9 Å². The first-order valence-electron chi connectivity index (χ1n) is 34.3. The molecule has 0 heterocycles. The van der Waals surface area contributed by atoms with E-state index in [4.69, 9.17) is 18.9 Å². The molecule has 0 aliphatic rings. The Morgan fingerprint density at radius 2 is 0.713 bits per heavy atom. The molecule has 0 aliphatic heterocycles. The highest BCUT2D eigenvalue weighted by Gasteiger charge is 2.22. The van der Waals surface area contributed by atoms with Crippen LogP contribution in [-0.2, 0) is 33.3 Å². The van der Waals surface area contributed by atoms with Gasteiger partial charge in [0.25, 0.3) is 0 Å². The predicted molar refractivity (Wildman–Crippen MR) is 339 cm³/mol. The third-order valence-corrected chi connectivity index (χ3v) is 15.3. The van der Waals surface area contributed by atoms with Gasteiger partial charge in [-0.15, -0.1) is 0 Å². The van der Waals surface area contributed by atoms with Gasteiger partial charge in [-0.3, -0.25) is 9.59 Å². The number of nitrogens with zero attached hydrogens (tertiary/aromatic N) is 1. The quantitative estimate of drug-likeness (QED) is 0.0195. The molecule has 2 unspecified atom stereocenters. The molecule has 0 aliphatic carbocycles. The first-order chi connectivity index (χ1) is 39.1. The largest absolute Gasteiger partial charge is 0.545 e. The molecule has 80 heavy (non-hydrogen) atoms. The van der Waals surface area contributed by atoms with E-state index in [9.17, 15) is 19.5 Å². The number of carboxylic acids is 1. The zero-order valence-corrected chi connectivity index (χ0v) is 53.5. The fraction of sp³-hybridized carbons (Fsp3) is 0.845. The van der Waals surface area contributed by atoms with E-state index in [1.54, 1.807) is 0 Å². The summed E-state index contributed by atoms with van der Waals surface area (Å²) in [5, 5.41) is 11.8. The number of esters is 2. The Morgan fingerprint density at radius 3 is 1.06 bits per heavy atom. The van der Waals surface area contributed by atoms with Crippen molar-refractivity contribution in [2.24, 2.45) is 0 Å². The third kappa shape index (κ3) is 62.8. The third-order valence-electron chi connectivity index (χ3n) is 15.3. The van der Waals surface area contributed by atoms with Crippen molar-refractivity contribution < 1.29 is 42.9 Å². The number of unbranched alkanes of at least 4 members (excludes halogenated alkanes) is 41. The number of hydrogen-bond donors (Lipinski definition) is 0. The fourth-order valence-corrected chi connectivity index (χ4v) is 10.1. The molecule has 9 heteroatoms. The topological polar surface area (TPSA) is 111 Å². The summed E-state index contributed by atoms with van der Waals surface area (Å²) in [6.45, 7) is 4.69. The Balaban J connectivity index is 3.94. The summed E-state index contributed by atoms with van der Waals surface area (Å²) in [6, 6.07) is 0. The Morgan fingerprint density at radius 1 is 0.388 bits per heavy atom. The first-order valence-corrected chi connectivity index (χ1v) is 34.3. The van der Waals surface area contributed by atoms with E-state index >= 15 is 0 Å². The Labute approximate surface area is 495 Å². The van der Waals surface area contributed by atoms with E-state index in [1.807, 2.05) is 21.1 Å². The summed E-state index contributed by atoms with van der Waals surface area (Å²) < 4.78 is 22.8. The molecule has 0 bridgehead atoms. The number of ether oxygens (including phenoxy) is 4. The van der Waals surface area contributed by atoms with Crippen LogP contribution in [0.2, 0.25) is 0 Å². The highest BCUT2D eigenvalue weighted by atomic mass is 16.7. The average molecular weight is 1130 g/mol. The fourth-order valence-electron chi connectivity index (χ4n) is 10.1. The van der Waals surface area contributed by atoms with Crippen LogP contribution in [-0.4, -0.2) is 82.3 Å². The van der Waals surface area contributed by atoms with Crippen LogP contribution >= 0.6 is 0 Å². The lowest BCUT2D eigenvalue weighted by molar-refractivity contribution is -0.870. The molecule has 0 aromatic heterocycles. The van der Waals surface area contributed by atoms with Crippen LogP contribution in [0.25, 0.3) is 0 Å². The van der Waals surface area contributed by atoms with Crippen LogP contribution in [0.5, 0.6) is 0 Å². The van der Waals surface area contributed by atoms with Gasteiger partial charge in [-0.1, -0.05) is 313 Å². The Hall–Kier alpha value is -2.75. The molecule has 0 radical (unpaired) electrons. The molecule has 0 saturated carbocycles.